The number of rotatable bonds is 4. The molecule has 0 saturated carbocycles. The summed E-state index contributed by atoms with van der Waals surface area (Å²) in [5.74, 6) is 0.563. The Kier molecular flexibility index (Phi) is 3.96. The zero-order chi connectivity index (χ0) is 14.7. The van der Waals surface area contributed by atoms with Gasteiger partial charge in [0.2, 0.25) is 5.91 Å². The standard InChI is InChI=1S/C15H19N5O/c1-19-10-7-14(18-19)17-15(21)11-20-9-4-6-13(20)12-5-2-3-8-16-12/h2-3,5,7-8,10,13H,4,6,9,11H2,1H3,(H,17,18,21). The fourth-order valence-electron chi connectivity index (χ4n) is 2.77. The van der Waals surface area contributed by atoms with Crippen LogP contribution in [0.2, 0.25) is 0 Å². The molecule has 2 aromatic rings. The van der Waals surface area contributed by atoms with Gasteiger partial charge in [0.05, 0.1) is 18.3 Å². The highest BCUT2D eigenvalue weighted by atomic mass is 16.2. The molecule has 1 atom stereocenters. The fraction of sp³-hybridized carbons (Fsp3) is 0.400. The SMILES string of the molecule is Cn1ccc(NC(=O)CN2CCCC2c2ccccn2)n1. The van der Waals surface area contributed by atoms with Crippen molar-refractivity contribution in [3.63, 3.8) is 0 Å². The lowest BCUT2D eigenvalue weighted by atomic mass is 10.1. The summed E-state index contributed by atoms with van der Waals surface area (Å²) in [5, 5.41) is 6.98. The molecule has 0 aromatic carbocycles. The lowest BCUT2D eigenvalue weighted by Gasteiger charge is -2.23. The number of amides is 1. The molecule has 3 heterocycles. The second-order valence-electron chi connectivity index (χ2n) is 5.31. The van der Waals surface area contributed by atoms with Crippen molar-refractivity contribution in [2.24, 2.45) is 7.05 Å². The van der Waals surface area contributed by atoms with Crippen molar-refractivity contribution < 1.29 is 4.79 Å². The Bertz CT molecular complexity index is 610. The summed E-state index contributed by atoms with van der Waals surface area (Å²) in [6, 6.07) is 7.96. The van der Waals surface area contributed by atoms with Gasteiger partial charge in [-0.3, -0.25) is 19.4 Å². The van der Waals surface area contributed by atoms with Crippen molar-refractivity contribution in [2.75, 3.05) is 18.4 Å². The van der Waals surface area contributed by atoms with E-state index in [0.29, 0.717) is 12.4 Å². The molecule has 1 aliphatic rings. The molecule has 0 spiro atoms. The Hall–Kier alpha value is -2.21. The summed E-state index contributed by atoms with van der Waals surface area (Å²) in [7, 11) is 1.83. The first-order valence-electron chi connectivity index (χ1n) is 7.17. The van der Waals surface area contributed by atoms with Crippen LogP contribution in [-0.4, -0.2) is 38.7 Å². The van der Waals surface area contributed by atoms with Gasteiger partial charge < -0.3 is 5.32 Å². The van der Waals surface area contributed by atoms with Crippen LogP contribution in [0.4, 0.5) is 5.82 Å². The maximum absolute atomic E-state index is 12.1. The number of pyridine rings is 1. The van der Waals surface area contributed by atoms with Crippen molar-refractivity contribution >= 4 is 11.7 Å². The van der Waals surface area contributed by atoms with Crippen molar-refractivity contribution in [1.29, 1.82) is 0 Å². The number of aromatic nitrogens is 3. The molecule has 1 saturated heterocycles. The van der Waals surface area contributed by atoms with Crippen molar-refractivity contribution in [2.45, 2.75) is 18.9 Å². The minimum Gasteiger partial charge on any atom is -0.308 e. The molecular weight excluding hydrogens is 266 g/mol. The van der Waals surface area contributed by atoms with Crippen molar-refractivity contribution in [3.05, 3.63) is 42.4 Å². The molecule has 1 fully saturated rings. The summed E-state index contributed by atoms with van der Waals surface area (Å²) >= 11 is 0. The van der Waals surface area contributed by atoms with Gasteiger partial charge in [-0.2, -0.15) is 5.10 Å². The molecule has 110 valence electrons. The molecular formula is C15H19N5O. The van der Waals surface area contributed by atoms with Crippen LogP contribution < -0.4 is 5.32 Å². The third-order valence-corrected chi connectivity index (χ3v) is 3.72. The Morgan fingerprint density at radius 1 is 1.43 bits per heavy atom. The Morgan fingerprint density at radius 3 is 3.05 bits per heavy atom. The predicted octanol–water partition coefficient (Wildman–Crippen LogP) is 1.59. The smallest absolute Gasteiger partial charge is 0.239 e. The zero-order valence-electron chi connectivity index (χ0n) is 12.1. The second-order valence-corrected chi connectivity index (χ2v) is 5.31. The van der Waals surface area contributed by atoms with Crippen LogP contribution in [0.5, 0.6) is 0 Å². The van der Waals surface area contributed by atoms with E-state index in [-0.39, 0.29) is 11.9 Å². The molecule has 6 nitrogen and oxygen atoms in total. The van der Waals surface area contributed by atoms with Crippen LogP contribution in [0.1, 0.15) is 24.6 Å². The number of nitrogens with zero attached hydrogens (tertiary/aromatic N) is 4. The summed E-state index contributed by atoms with van der Waals surface area (Å²) < 4.78 is 1.67. The van der Waals surface area contributed by atoms with Gasteiger partial charge in [0.15, 0.2) is 5.82 Å². The fourth-order valence-corrected chi connectivity index (χ4v) is 2.77. The molecule has 21 heavy (non-hydrogen) atoms. The van der Waals surface area contributed by atoms with Crippen LogP contribution in [0.15, 0.2) is 36.7 Å². The normalized spacial score (nSPS) is 18.8. The first-order valence-corrected chi connectivity index (χ1v) is 7.17. The van der Waals surface area contributed by atoms with E-state index in [0.717, 1.165) is 25.1 Å². The van der Waals surface area contributed by atoms with E-state index in [1.165, 1.54) is 0 Å². The lowest BCUT2D eigenvalue weighted by molar-refractivity contribution is -0.117. The van der Waals surface area contributed by atoms with Gasteiger partial charge in [0.25, 0.3) is 0 Å². The number of hydrogen-bond donors (Lipinski definition) is 1. The second kappa shape index (κ2) is 6.05. The third-order valence-electron chi connectivity index (χ3n) is 3.72. The maximum atomic E-state index is 12.1. The third kappa shape index (κ3) is 3.28. The number of likely N-dealkylation sites (tertiary alicyclic amines) is 1. The highest BCUT2D eigenvalue weighted by Gasteiger charge is 2.28. The lowest BCUT2D eigenvalue weighted by Crippen LogP contribution is -2.33. The Balaban J connectivity index is 1.62. The number of aryl methyl sites for hydroxylation is 1. The first-order chi connectivity index (χ1) is 10.2. The minimum absolute atomic E-state index is 0.0310. The van der Waals surface area contributed by atoms with Crippen molar-refractivity contribution in [3.8, 4) is 0 Å². The number of nitrogens with one attached hydrogen (secondary N) is 1. The van der Waals surface area contributed by atoms with Gasteiger partial charge in [-0.15, -0.1) is 0 Å². The average molecular weight is 285 g/mol. The van der Waals surface area contributed by atoms with Gasteiger partial charge in [-0.05, 0) is 31.5 Å². The highest BCUT2D eigenvalue weighted by molar-refractivity contribution is 5.91. The molecule has 6 heteroatoms. The zero-order valence-corrected chi connectivity index (χ0v) is 12.1. The van der Waals surface area contributed by atoms with E-state index in [2.05, 4.69) is 20.3 Å². The van der Waals surface area contributed by atoms with Crippen LogP contribution in [0, 0.1) is 0 Å². The molecule has 1 unspecified atom stereocenters. The molecule has 1 aliphatic heterocycles. The van der Waals surface area contributed by atoms with E-state index in [1.807, 2.05) is 31.4 Å². The maximum Gasteiger partial charge on any atom is 0.239 e. The topological polar surface area (TPSA) is 63.1 Å². The summed E-state index contributed by atoms with van der Waals surface area (Å²) in [4.78, 5) is 18.7. The van der Waals surface area contributed by atoms with E-state index >= 15 is 0 Å². The minimum atomic E-state index is -0.0310. The Morgan fingerprint density at radius 2 is 2.33 bits per heavy atom. The number of hydrogen-bond acceptors (Lipinski definition) is 4. The predicted molar refractivity (Wildman–Crippen MR) is 79.6 cm³/mol. The summed E-state index contributed by atoms with van der Waals surface area (Å²) in [5.41, 5.74) is 1.04. The van der Waals surface area contributed by atoms with E-state index < -0.39 is 0 Å². The van der Waals surface area contributed by atoms with Gasteiger partial charge in [0.1, 0.15) is 0 Å². The van der Waals surface area contributed by atoms with Gasteiger partial charge in [0, 0.05) is 25.5 Å². The van der Waals surface area contributed by atoms with Crippen molar-refractivity contribution in [1.82, 2.24) is 19.7 Å². The summed E-state index contributed by atoms with van der Waals surface area (Å²) in [6.45, 7) is 1.30. The molecule has 0 aliphatic carbocycles. The number of carbonyl (C=O) groups excluding carboxylic acids is 1. The largest absolute Gasteiger partial charge is 0.308 e. The van der Waals surface area contributed by atoms with Crippen LogP contribution in [0.3, 0.4) is 0 Å². The van der Waals surface area contributed by atoms with Crippen LogP contribution >= 0.6 is 0 Å². The van der Waals surface area contributed by atoms with Gasteiger partial charge >= 0.3 is 0 Å². The van der Waals surface area contributed by atoms with Crippen LogP contribution in [-0.2, 0) is 11.8 Å². The summed E-state index contributed by atoms with van der Waals surface area (Å²) in [6.07, 6.45) is 5.76. The van der Waals surface area contributed by atoms with Gasteiger partial charge in [-0.25, -0.2) is 0 Å². The molecule has 3 rings (SSSR count). The molecule has 2 aromatic heterocycles. The van der Waals surface area contributed by atoms with E-state index in [4.69, 9.17) is 0 Å². The van der Waals surface area contributed by atoms with Crippen LogP contribution in [0.25, 0.3) is 0 Å². The monoisotopic (exact) mass is 285 g/mol. The molecule has 1 amide bonds. The quantitative estimate of drug-likeness (QED) is 0.926. The first kappa shape index (κ1) is 13.8. The molecule has 0 bridgehead atoms. The van der Waals surface area contributed by atoms with Gasteiger partial charge in [-0.1, -0.05) is 6.07 Å². The average Bonchev–Trinajstić information content (AvgIpc) is 3.09. The number of anilines is 1. The van der Waals surface area contributed by atoms with E-state index in [9.17, 15) is 4.79 Å². The molecule has 1 N–H and O–H groups in total. The number of carbonyl (C=O) groups is 1. The Labute approximate surface area is 123 Å². The molecule has 0 radical (unpaired) electrons. The highest BCUT2D eigenvalue weighted by Crippen LogP contribution is 2.30. The van der Waals surface area contributed by atoms with E-state index in [1.54, 1.807) is 16.9 Å².